The molecule has 0 fully saturated rings. The second-order valence-corrected chi connectivity index (χ2v) is 6.79. The van der Waals surface area contributed by atoms with E-state index in [1.165, 1.54) is 0 Å². The number of benzene rings is 2. The molecule has 7 heteroatoms. The van der Waals surface area contributed by atoms with E-state index in [1.807, 2.05) is 66.9 Å². The quantitative estimate of drug-likeness (QED) is 0.689. The predicted octanol–water partition coefficient (Wildman–Crippen LogP) is 2.00. The minimum atomic E-state index is -3.59. The topological polar surface area (TPSA) is 76.0 Å². The molecule has 0 bridgehead atoms. The molecule has 0 spiro atoms. The highest BCUT2D eigenvalue weighted by molar-refractivity contribution is 7.87. The van der Waals surface area contributed by atoms with Gasteiger partial charge >= 0.3 is 0 Å². The van der Waals surface area contributed by atoms with Crippen LogP contribution in [-0.2, 0) is 23.3 Å². The van der Waals surface area contributed by atoms with Gasteiger partial charge in [-0.25, -0.2) is 4.68 Å². The Hall–Kier alpha value is -2.48. The first-order chi connectivity index (χ1) is 11.6. The summed E-state index contributed by atoms with van der Waals surface area (Å²) in [6.07, 6.45) is 3.50. The highest BCUT2D eigenvalue weighted by atomic mass is 32.2. The summed E-state index contributed by atoms with van der Waals surface area (Å²) in [5.41, 5.74) is 2.58. The number of hydrogen-bond acceptors (Lipinski definition) is 3. The van der Waals surface area contributed by atoms with Crippen LogP contribution in [0.2, 0.25) is 0 Å². The first-order valence-electron chi connectivity index (χ1n) is 7.50. The zero-order chi connectivity index (χ0) is 16.8. The third-order valence-electron chi connectivity index (χ3n) is 3.50. The number of aromatic nitrogens is 2. The summed E-state index contributed by atoms with van der Waals surface area (Å²) < 4.78 is 31.1. The van der Waals surface area contributed by atoms with E-state index in [2.05, 4.69) is 14.5 Å². The summed E-state index contributed by atoms with van der Waals surface area (Å²) in [5, 5.41) is 4.19. The second kappa shape index (κ2) is 7.39. The van der Waals surface area contributed by atoms with Crippen molar-refractivity contribution in [1.29, 1.82) is 0 Å². The summed E-state index contributed by atoms with van der Waals surface area (Å²) in [4.78, 5) is 0. The lowest BCUT2D eigenvalue weighted by Crippen LogP contribution is -2.35. The largest absolute Gasteiger partial charge is 0.277 e. The third kappa shape index (κ3) is 4.29. The van der Waals surface area contributed by atoms with Crippen LogP contribution in [0.5, 0.6) is 0 Å². The zero-order valence-corrected chi connectivity index (χ0v) is 13.8. The maximum atomic E-state index is 12.1. The smallest absolute Gasteiger partial charge is 0.241 e. The fraction of sp³-hybridized carbons (Fsp3) is 0.118. The summed E-state index contributed by atoms with van der Waals surface area (Å²) in [7, 11) is -3.59. The monoisotopic (exact) mass is 342 g/mol. The van der Waals surface area contributed by atoms with Crippen LogP contribution < -0.4 is 9.44 Å². The van der Waals surface area contributed by atoms with E-state index in [-0.39, 0.29) is 13.1 Å². The van der Waals surface area contributed by atoms with E-state index in [4.69, 9.17) is 0 Å². The van der Waals surface area contributed by atoms with E-state index < -0.39 is 10.2 Å². The van der Waals surface area contributed by atoms with Crippen LogP contribution in [0.4, 0.5) is 0 Å². The van der Waals surface area contributed by atoms with Crippen molar-refractivity contribution >= 4 is 10.2 Å². The fourth-order valence-electron chi connectivity index (χ4n) is 2.29. The van der Waals surface area contributed by atoms with Crippen molar-refractivity contribution in [3.05, 3.63) is 84.2 Å². The zero-order valence-electron chi connectivity index (χ0n) is 13.0. The van der Waals surface area contributed by atoms with Crippen LogP contribution in [0, 0.1) is 0 Å². The highest BCUT2D eigenvalue weighted by Gasteiger charge is 2.11. The lowest BCUT2D eigenvalue weighted by atomic mass is 10.2. The normalized spacial score (nSPS) is 11.5. The van der Waals surface area contributed by atoms with Gasteiger partial charge in [-0.1, -0.05) is 48.5 Å². The molecule has 24 heavy (non-hydrogen) atoms. The van der Waals surface area contributed by atoms with Crippen molar-refractivity contribution in [2.24, 2.45) is 0 Å². The standard InChI is InChI=1S/C17H18N4O2S/c22-24(23,19-13-15-7-2-1-3-8-15)20-14-16-9-4-5-10-17(16)21-12-6-11-18-21/h1-12,19-20H,13-14H2. The Morgan fingerprint density at radius 2 is 1.58 bits per heavy atom. The Bertz CT molecular complexity index is 878. The van der Waals surface area contributed by atoms with Gasteiger partial charge < -0.3 is 0 Å². The van der Waals surface area contributed by atoms with Crippen LogP contribution in [0.3, 0.4) is 0 Å². The van der Waals surface area contributed by atoms with Crippen molar-refractivity contribution in [2.75, 3.05) is 0 Å². The fourth-order valence-corrected chi connectivity index (χ4v) is 3.10. The molecule has 0 atom stereocenters. The summed E-state index contributed by atoms with van der Waals surface area (Å²) in [6.45, 7) is 0.428. The number of rotatable bonds is 7. The van der Waals surface area contributed by atoms with Gasteiger partial charge in [0.2, 0.25) is 0 Å². The summed E-state index contributed by atoms with van der Waals surface area (Å²) in [6, 6.07) is 18.7. The summed E-state index contributed by atoms with van der Waals surface area (Å²) >= 11 is 0. The van der Waals surface area contributed by atoms with Crippen molar-refractivity contribution in [2.45, 2.75) is 13.1 Å². The Morgan fingerprint density at radius 1 is 0.875 bits per heavy atom. The molecule has 0 radical (unpaired) electrons. The van der Waals surface area contributed by atoms with E-state index in [0.29, 0.717) is 0 Å². The van der Waals surface area contributed by atoms with Crippen LogP contribution in [0.15, 0.2) is 73.1 Å². The van der Waals surface area contributed by atoms with Gasteiger partial charge in [0, 0.05) is 25.5 Å². The van der Waals surface area contributed by atoms with Gasteiger partial charge in [0.15, 0.2) is 0 Å². The predicted molar refractivity (Wildman–Crippen MR) is 92.6 cm³/mol. The average Bonchev–Trinajstić information content (AvgIpc) is 3.14. The van der Waals surface area contributed by atoms with E-state index in [1.54, 1.807) is 10.9 Å². The van der Waals surface area contributed by atoms with Crippen LogP contribution in [-0.4, -0.2) is 18.2 Å². The average molecular weight is 342 g/mol. The molecule has 124 valence electrons. The second-order valence-electron chi connectivity index (χ2n) is 5.21. The van der Waals surface area contributed by atoms with Crippen LogP contribution in [0.25, 0.3) is 5.69 Å². The number of nitrogens with zero attached hydrogens (tertiary/aromatic N) is 2. The number of para-hydroxylation sites is 1. The molecule has 3 aromatic rings. The van der Waals surface area contributed by atoms with Gasteiger partial charge in [-0.2, -0.15) is 23.0 Å². The first-order valence-corrected chi connectivity index (χ1v) is 8.98. The molecule has 2 N–H and O–H groups in total. The van der Waals surface area contributed by atoms with Gasteiger partial charge in [-0.05, 0) is 23.3 Å². The molecule has 0 unspecified atom stereocenters. The van der Waals surface area contributed by atoms with Gasteiger partial charge in [0.05, 0.1) is 5.69 Å². The molecule has 3 rings (SSSR count). The van der Waals surface area contributed by atoms with Gasteiger partial charge in [-0.15, -0.1) is 0 Å². The van der Waals surface area contributed by atoms with Gasteiger partial charge in [-0.3, -0.25) is 0 Å². The van der Waals surface area contributed by atoms with Crippen molar-refractivity contribution < 1.29 is 8.42 Å². The molecule has 0 aliphatic heterocycles. The lowest BCUT2D eigenvalue weighted by molar-refractivity contribution is 0.565. The molecule has 0 saturated heterocycles. The first kappa shape index (κ1) is 16.4. The minimum absolute atomic E-state index is 0.181. The van der Waals surface area contributed by atoms with Gasteiger partial charge in [0.1, 0.15) is 0 Å². The van der Waals surface area contributed by atoms with Crippen LogP contribution in [0.1, 0.15) is 11.1 Å². The molecule has 0 aliphatic carbocycles. The van der Waals surface area contributed by atoms with E-state index in [0.717, 1.165) is 16.8 Å². The maximum absolute atomic E-state index is 12.1. The molecular formula is C17H18N4O2S. The molecule has 0 amide bonds. The van der Waals surface area contributed by atoms with E-state index >= 15 is 0 Å². The Kier molecular flexibility index (Phi) is 5.05. The van der Waals surface area contributed by atoms with Crippen LogP contribution >= 0.6 is 0 Å². The maximum Gasteiger partial charge on any atom is 0.277 e. The summed E-state index contributed by atoms with van der Waals surface area (Å²) in [5.74, 6) is 0. The molecule has 0 saturated carbocycles. The Morgan fingerprint density at radius 3 is 2.33 bits per heavy atom. The molecular weight excluding hydrogens is 324 g/mol. The van der Waals surface area contributed by atoms with Crippen molar-refractivity contribution in [3.63, 3.8) is 0 Å². The molecule has 1 aromatic heterocycles. The number of nitrogens with one attached hydrogen (secondary N) is 2. The SMILES string of the molecule is O=S(=O)(NCc1ccccc1)NCc1ccccc1-n1cccn1. The molecule has 1 heterocycles. The third-order valence-corrected chi connectivity index (χ3v) is 4.55. The lowest BCUT2D eigenvalue weighted by Gasteiger charge is -2.12. The Labute approximate surface area is 141 Å². The molecule has 2 aromatic carbocycles. The van der Waals surface area contributed by atoms with Crippen molar-refractivity contribution in [1.82, 2.24) is 19.2 Å². The molecule has 0 aliphatic rings. The Balaban J connectivity index is 1.65. The van der Waals surface area contributed by atoms with E-state index in [9.17, 15) is 8.42 Å². The molecule has 6 nitrogen and oxygen atoms in total. The van der Waals surface area contributed by atoms with Gasteiger partial charge in [0.25, 0.3) is 10.2 Å². The van der Waals surface area contributed by atoms with Crippen molar-refractivity contribution in [3.8, 4) is 5.69 Å². The highest BCUT2D eigenvalue weighted by Crippen LogP contribution is 2.13. The minimum Gasteiger partial charge on any atom is -0.241 e. The number of hydrogen-bond donors (Lipinski definition) is 2.